The van der Waals surface area contributed by atoms with E-state index < -0.39 is 0 Å². The number of nitrogens with two attached hydrogens (primary N) is 1. The molecule has 0 radical (unpaired) electrons. The summed E-state index contributed by atoms with van der Waals surface area (Å²) in [6.45, 7) is 1.51. The fraction of sp³-hybridized carbons (Fsp3) is 0.929. The average molecular weight is 289 g/mol. The Labute approximate surface area is 121 Å². The van der Waals surface area contributed by atoms with Crippen molar-refractivity contribution in [3.63, 3.8) is 0 Å². The summed E-state index contributed by atoms with van der Waals surface area (Å²) >= 11 is 0. The Kier molecular flexibility index (Phi) is 5.09. The summed E-state index contributed by atoms with van der Waals surface area (Å²) in [5.74, 6) is 1.37. The number of nitrogens with one attached hydrogen (secondary N) is 1. The van der Waals surface area contributed by atoms with Gasteiger partial charge in [0.15, 0.2) is 0 Å². The third-order valence-corrected chi connectivity index (χ3v) is 5.06. The van der Waals surface area contributed by atoms with Gasteiger partial charge in [-0.2, -0.15) is 0 Å². The molecule has 5 atom stereocenters. The number of fused-ring (bicyclic) bond motifs is 2. The number of amides is 1. The lowest BCUT2D eigenvalue weighted by atomic mass is 9.84. The Bertz CT molecular complexity index is 319. The summed E-state index contributed by atoms with van der Waals surface area (Å²) in [5, 5.41) is 3.07. The van der Waals surface area contributed by atoms with Crippen LogP contribution in [0.1, 0.15) is 38.5 Å². The normalized spacial score (nSPS) is 40.8. The minimum Gasteiger partial charge on any atom is -0.376 e. The van der Waals surface area contributed by atoms with E-state index in [1.807, 2.05) is 0 Å². The van der Waals surface area contributed by atoms with Crippen LogP contribution in [0.15, 0.2) is 0 Å². The van der Waals surface area contributed by atoms with Crippen LogP contribution in [0.5, 0.6) is 0 Å². The number of halogens is 1. The van der Waals surface area contributed by atoms with Crippen LogP contribution in [0.3, 0.4) is 0 Å². The highest BCUT2D eigenvalue weighted by Gasteiger charge is 2.48. The smallest absolute Gasteiger partial charge is 0.225 e. The summed E-state index contributed by atoms with van der Waals surface area (Å²) in [5.41, 5.74) is 6.18. The van der Waals surface area contributed by atoms with E-state index in [9.17, 15) is 4.79 Å². The second kappa shape index (κ2) is 6.42. The fourth-order valence-corrected chi connectivity index (χ4v) is 4.03. The molecule has 19 heavy (non-hydrogen) atoms. The molecular formula is C14H25ClN2O2. The van der Waals surface area contributed by atoms with Crippen LogP contribution in [-0.4, -0.2) is 31.2 Å². The van der Waals surface area contributed by atoms with Crippen molar-refractivity contribution in [2.24, 2.45) is 23.5 Å². The molecule has 5 unspecified atom stereocenters. The third-order valence-electron chi connectivity index (χ3n) is 5.06. The Morgan fingerprint density at radius 1 is 1.21 bits per heavy atom. The molecule has 1 aliphatic heterocycles. The zero-order valence-corrected chi connectivity index (χ0v) is 12.2. The molecule has 2 saturated carbocycles. The summed E-state index contributed by atoms with van der Waals surface area (Å²) in [4.78, 5) is 12.2. The van der Waals surface area contributed by atoms with Gasteiger partial charge in [-0.3, -0.25) is 4.79 Å². The van der Waals surface area contributed by atoms with E-state index in [1.165, 1.54) is 25.7 Å². The standard InChI is InChI=1S/C14H24N2O2.ClH/c15-13-10-5-4-9(7-10)12(13)14(17)16-8-11-3-1-2-6-18-11;/h9-13H,1-8,15H2,(H,16,17);1H. The lowest BCUT2D eigenvalue weighted by Crippen LogP contribution is -2.47. The first-order valence-electron chi connectivity index (χ1n) is 7.40. The summed E-state index contributed by atoms with van der Waals surface area (Å²) in [7, 11) is 0. The maximum atomic E-state index is 12.2. The zero-order valence-electron chi connectivity index (χ0n) is 11.3. The number of hydrogen-bond acceptors (Lipinski definition) is 3. The molecule has 3 rings (SSSR count). The van der Waals surface area contributed by atoms with Crippen LogP contribution in [0.2, 0.25) is 0 Å². The number of ether oxygens (including phenoxy) is 1. The second-order valence-corrected chi connectivity index (χ2v) is 6.17. The van der Waals surface area contributed by atoms with Gasteiger partial charge in [0.1, 0.15) is 0 Å². The third kappa shape index (κ3) is 3.06. The summed E-state index contributed by atoms with van der Waals surface area (Å²) < 4.78 is 5.63. The van der Waals surface area contributed by atoms with E-state index in [-0.39, 0.29) is 36.4 Å². The molecule has 0 aromatic carbocycles. The number of carbonyl (C=O) groups excluding carboxylic acids is 1. The zero-order chi connectivity index (χ0) is 12.5. The quantitative estimate of drug-likeness (QED) is 0.826. The maximum Gasteiger partial charge on any atom is 0.225 e. The van der Waals surface area contributed by atoms with Crippen molar-refractivity contribution in [3.8, 4) is 0 Å². The molecule has 0 aromatic rings. The van der Waals surface area contributed by atoms with Crippen molar-refractivity contribution in [1.29, 1.82) is 0 Å². The van der Waals surface area contributed by atoms with Crippen molar-refractivity contribution < 1.29 is 9.53 Å². The molecule has 0 spiro atoms. The van der Waals surface area contributed by atoms with Crippen molar-refractivity contribution in [2.75, 3.05) is 13.2 Å². The van der Waals surface area contributed by atoms with Gasteiger partial charge < -0.3 is 15.8 Å². The van der Waals surface area contributed by atoms with E-state index in [4.69, 9.17) is 10.5 Å². The second-order valence-electron chi connectivity index (χ2n) is 6.17. The molecular weight excluding hydrogens is 264 g/mol. The van der Waals surface area contributed by atoms with Gasteiger partial charge in [-0.1, -0.05) is 0 Å². The SMILES string of the molecule is Cl.NC1C2CCC(C2)C1C(=O)NCC1CCCCO1. The Morgan fingerprint density at radius 3 is 2.63 bits per heavy atom. The Morgan fingerprint density at radius 2 is 2.00 bits per heavy atom. The highest BCUT2D eigenvalue weighted by atomic mass is 35.5. The molecule has 3 N–H and O–H groups in total. The lowest BCUT2D eigenvalue weighted by molar-refractivity contribution is -0.127. The Hall–Kier alpha value is -0.320. The van der Waals surface area contributed by atoms with Gasteiger partial charge in [-0.15, -0.1) is 12.4 Å². The molecule has 110 valence electrons. The van der Waals surface area contributed by atoms with E-state index in [2.05, 4.69) is 5.32 Å². The highest BCUT2D eigenvalue weighted by Crippen LogP contribution is 2.47. The van der Waals surface area contributed by atoms with Crippen molar-refractivity contribution in [3.05, 3.63) is 0 Å². The molecule has 3 aliphatic rings. The lowest BCUT2D eigenvalue weighted by Gasteiger charge is -2.28. The predicted molar refractivity (Wildman–Crippen MR) is 76.1 cm³/mol. The summed E-state index contributed by atoms with van der Waals surface area (Å²) in [6.07, 6.45) is 7.24. The molecule has 1 heterocycles. The first-order valence-corrected chi connectivity index (χ1v) is 7.40. The van der Waals surface area contributed by atoms with E-state index in [0.717, 1.165) is 19.4 Å². The topological polar surface area (TPSA) is 64.4 Å². The highest BCUT2D eigenvalue weighted by molar-refractivity contribution is 5.85. The first-order chi connectivity index (χ1) is 8.75. The number of hydrogen-bond donors (Lipinski definition) is 2. The summed E-state index contributed by atoms with van der Waals surface area (Å²) in [6, 6.07) is 0.0935. The van der Waals surface area contributed by atoms with Gasteiger partial charge >= 0.3 is 0 Å². The van der Waals surface area contributed by atoms with Crippen LogP contribution in [0.25, 0.3) is 0 Å². The number of carbonyl (C=O) groups is 1. The number of rotatable bonds is 3. The first kappa shape index (κ1) is 15.1. The van der Waals surface area contributed by atoms with Crippen LogP contribution >= 0.6 is 12.4 Å². The van der Waals surface area contributed by atoms with E-state index in [0.29, 0.717) is 18.4 Å². The van der Waals surface area contributed by atoms with Gasteiger partial charge in [0.05, 0.1) is 12.0 Å². The Balaban J connectivity index is 0.00000133. The fourth-order valence-electron chi connectivity index (χ4n) is 4.03. The minimum absolute atomic E-state index is 0. The van der Waals surface area contributed by atoms with Crippen LogP contribution in [0, 0.1) is 17.8 Å². The van der Waals surface area contributed by atoms with Crippen LogP contribution in [-0.2, 0) is 9.53 Å². The van der Waals surface area contributed by atoms with Crippen molar-refractivity contribution in [1.82, 2.24) is 5.32 Å². The molecule has 3 fully saturated rings. The van der Waals surface area contributed by atoms with Crippen molar-refractivity contribution >= 4 is 18.3 Å². The maximum absolute atomic E-state index is 12.2. The van der Waals surface area contributed by atoms with E-state index >= 15 is 0 Å². The van der Waals surface area contributed by atoms with Gasteiger partial charge in [-0.25, -0.2) is 0 Å². The van der Waals surface area contributed by atoms with E-state index in [1.54, 1.807) is 0 Å². The van der Waals surface area contributed by atoms with Gasteiger partial charge in [0.2, 0.25) is 5.91 Å². The molecule has 2 aliphatic carbocycles. The van der Waals surface area contributed by atoms with Gasteiger partial charge in [-0.05, 0) is 50.4 Å². The largest absolute Gasteiger partial charge is 0.376 e. The minimum atomic E-state index is 0. The van der Waals surface area contributed by atoms with Crippen LogP contribution < -0.4 is 11.1 Å². The molecule has 2 bridgehead atoms. The van der Waals surface area contributed by atoms with Crippen molar-refractivity contribution in [2.45, 2.75) is 50.7 Å². The van der Waals surface area contributed by atoms with Gasteiger partial charge in [0, 0.05) is 19.2 Å². The monoisotopic (exact) mass is 288 g/mol. The average Bonchev–Trinajstić information content (AvgIpc) is 2.98. The molecule has 5 heteroatoms. The molecule has 4 nitrogen and oxygen atoms in total. The predicted octanol–water partition coefficient (Wildman–Crippen LogP) is 1.47. The molecule has 1 amide bonds. The molecule has 1 saturated heterocycles. The molecule has 0 aromatic heterocycles. The van der Waals surface area contributed by atoms with Gasteiger partial charge in [0.25, 0.3) is 0 Å². The van der Waals surface area contributed by atoms with Crippen LogP contribution in [0.4, 0.5) is 0 Å².